The van der Waals surface area contributed by atoms with Crippen LogP contribution in [-0.4, -0.2) is 44.1 Å². The Kier molecular flexibility index (Phi) is 9.31. The van der Waals surface area contributed by atoms with Gasteiger partial charge in [-0.1, -0.05) is 6.92 Å². The van der Waals surface area contributed by atoms with E-state index in [0.29, 0.717) is 17.3 Å². The summed E-state index contributed by atoms with van der Waals surface area (Å²) in [5.41, 5.74) is 0.607. The second-order valence-corrected chi connectivity index (χ2v) is 6.38. The van der Waals surface area contributed by atoms with E-state index < -0.39 is 0 Å². The predicted octanol–water partition coefficient (Wildman–Crippen LogP) is 2.48. The van der Waals surface area contributed by atoms with Gasteiger partial charge >= 0.3 is 0 Å². The Morgan fingerprint density at radius 2 is 2.14 bits per heavy atom. The van der Waals surface area contributed by atoms with Crippen molar-refractivity contribution in [2.75, 3.05) is 32.1 Å². The number of carbonyl (C=O) groups is 1. The summed E-state index contributed by atoms with van der Waals surface area (Å²) in [4.78, 5) is 18.7. The van der Waals surface area contributed by atoms with Crippen LogP contribution in [0.5, 0.6) is 0 Å². The van der Waals surface area contributed by atoms with Crippen molar-refractivity contribution in [1.82, 2.24) is 15.6 Å². The molecule has 0 aromatic carbocycles. The Morgan fingerprint density at radius 3 is 2.73 bits per heavy atom. The molecule has 0 spiro atoms. The highest BCUT2D eigenvalue weighted by Crippen LogP contribution is 2.21. The molecule has 5 nitrogen and oxygen atoms in total. The van der Waals surface area contributed by atoms with Gasteiger partial charge in [0.25, 0.3) is 5.91 Å². The van der Waals surface area contributed by atoms with E-state index in [1.807, 2.05) is 25.1 Å². The van der Waals surface area contributed by atoms with Gasteiger partial charge in [-0.25, -0.2) is 4.98 Å². The lowest BCUT2D eigenvalue weighted by atomic mass is 9.95. The molecule has 1 saturated heterocycles. The molecule has 126 valence electrons. The maximum Gasteiger partial charge on any atom is 0.255 e. The summed E-state index contributed by atoms with van der Waals surface area (Å²) in [5.74, 6) is 1.07. The molecule has 2 N–H and O–H groups in total. The molecule has 1 aromatic heterocycles. The van der Waals surface area contributed by atoms with Crippen molar-refractivity contribution in [3.8, 4) is 0 Å². The molecule has 2 unspecified atom stereocenters. The molecule has 0 bridgehead atoms. The smallest absolute Gasteiger partial charge is 0.255 e. The topological polar surface area (TPSA) is 57.3 Å². The summed E-state index contributed by atoms with van der Waals surface area (Å²) in [7, 11) is 3.78. The van der Waals surface area contributed by atoms with Crippen molar-refractivity contribution in [3.05, 3.63) is 22.3 Å². The summed E-state index contributed by atoms with van der Waals surface area (Å²) in [5, 5.41) is 6.48. The van der Waals surface area contributed by atoms with Crippen LogP contribution in [0, 0.1) is 5.92 Å². The zero-order valence-corrected chi connectivity index (χ0v) is 16.1. The third-order valence-corrected chi connectivity index (χ3v) is 4.04. The molecule has 8 heteroatoms. The van der Waals surface area contributed by atoms with Gasteiger partial charge in [-0.3, -0.25) is 4.79 Å². The van der Waals surface area contributed by atoms with Crippen molar-refractivity contribution in [3.63, 3.8) is 0 Å². The highest BCUT2D eigenvalue weighted by molar-refractivity contribution is 9.10. The Balaban J connectivity index is 0.00000220. The molecule has 0 saturated carbocycles. The average molecular weight is 414 g/mol. The molecular weight excluding hydrogens is 391 g/mol. The molecule has 2 heterocycles. The molecule has 2 rings (SSSR count). The zero-order valence-electron chi connectivity index (χ0n) is 12.9. The van der Waals surface area contributed by atoms with E-state index in [1.165, 1.54) is 0 Å². The van der Waals surface area contributed by atoms with Gasteiger partial charge in [-0.15, -0.1) is 24.8 Å². The molecule has 1 fully saturated rings. The fraction of sp³-hybridized carbons (Fsp3) is 0.571. The zero-order chi connectivity index (χ0) is 14.7. The second-order valence-electron chi connectivity index (χ2n) is 5.47. The van der Waals surface area contributed by atoms with Crippen LogP contribution in [0.25, 0.3) is 0 Å². The number of hydrogen-bond donors (Lipinski definition) is 2. The van der Waals surface area contributed by atoms with Gasteiger partial charge in [0.15, 0.2) is 0 Å². The third kappa shape index (κ3) is 5.26. The number of nitrogens with zero attached hydrogens (tertiary/aromatic N) is 2. The van der Waals surface area contributed by atoms with Crippen LogP contribution in [0.1, 0.15) is 23.7 Å². The van der Waals surface area contributed by atoms with Gasteiger partial charge in [0, 0.05) is 30.8 Å². The number of carbonyl (C=O) groups excluding carboxylic acids is 1. The van der Waals surface area contributed by atoms with Crippen LogP contribution < -0.4 is 15.5 Å². The summed E-state index contributed by atoms with van der Waals surface area (Å²) < 4.78 is 0.812. The predicted molar refractivity (Wildman–Crippen MR) is 98.7 cm³/mol. The van der Waals surface area contributed by atoms with E-state index in [4.69, 9.17) is 0 Å². The Bertz CT molecular complexity index is 502. The highest BCUT2D eigenvalue weighted by Gasteiger charge is 2.24. The normalized spacial score (nSPS) is 20.4. The fourth-order valence-corrected chi connectivity index (χ4v) is 2.76. The van der Waals surface area contributed by atoms with E-state index in [9.17, 15) is 4.79 Å². The Labute approximate surface area is 152 Å². The fourth-order valence-electron chi connectivity index (χ4n) is 2.43. The number of halogens is 3. The van der Waals surface area contributed by atoms with Crippen molar-refractivity contribution < 1.29 is 4.79 Å². The maximum atomic E-state index is 12.5. The van der Waals surface area contributed by atoms with Crippen molar-refractivity contribution in [2.24, 2.45) is 5.92 Å². The van der Waals surface area contributed by atoms with Crippen LogP contribution in [0.15, 0.2) is 16.7 Å². The monoisotopic (exact) mass is 412 g/mol. The first-order valence-electron chi connectivity index (χ1n) is 6.83. The standard InChI is InChI=1S/C14H21BrN4O.2ClH/c1-9-7-16-5-4-12(9)18-14(20)11-6-10(15)8-17-13(11)19(2)3;;/h6,8-9,12,16H,4-5,7H2,1-3H3,(H,18,20);2*1H. The van der Waals surface area contributed by atoms with Crippen LogP contribution in [0.4, 0.5) is 5.82 Å². The van der Waals surface area contributed by atoms with E-state index in [0.717, 1.165) is 24.0 Å². The van der Waals surface area contributed by atoms with Crippen molar-refractivity contribution >= 4 is 52.5 Å². The number of piperidine rings is 1. The molecular formula is C14H23BrCl2N4O. The summed E-state index contributed by atoms with van der Waals surface area (Å²) >= 11 is 3.38. The lowest BCUT2D eigenvalue weighted by molar-refractivity contribution is 0.0914. The number of hydrogen-bond acceptors (Lipinski definition) is 4. The van der Waals surface area contributed by atoms with Crippen LogP contribution >= 0.6 is 40.7 Å². The first-order valence-corrected chi connectivity index (χ1v) is 7.62. The SMILES string of the molecule is CC1CNCCC1NC(=O)c1cc(Br)cnc1N(C)C.Cl.Cl. The summed E-state index contributed by atoms with van der Waals surface area (Å²) in [6, 6.07) is 2.04. The minimum Gasteiger partial charge on any atom is -0.362 e. The average Bonchev–Trinajstić information content (AvgIpc) is 2.40. The van der Waals surface area contributed by atoms with Crippen molar-refractivity contribution in [1.29, 1.82) is 0 Å². The van der Waals surface area contributed by atoms with E-state index >= 15 is 0 Å². The molecule has 1 amide bonds. The number of nitrogens with one attached hydrogen (secondary N) is 2. The lowest BCUT2D eigenvalue weighted by Crippen LogP contribution is -2.48. The van der Waals surface area contributed by atoms with Crippen LogP contribution in [0.2, 0.25) is 0 Å². The van der Waals surface area contributed by atoms with Crippen molar-refractivity contribution in [2.45, 2.75) is 19.4 Å². The molecule has 0 radical (unpaired) electrons. The number of pyridine rings is 1. The lowest BCUT2D eigenvalue weighted by Gasteiger charge is -2.30. The molecule has 1 aromatic rings. The Hall–Kier alpha value is -0.560. The molecule has 22 heavy (non-hydrogen) atoms. The number of aromatic nitrogens is 1. The van der Waals surface area contributed by atoms with Gasteiger partial charge in [0.05, 0.1) is 5.56 Å². The minimum atomic E-state index is -0.0544. The minimum absolute atomic E-state index is 0. The third-order valence-electron chi connectivity index (χ3n) is 3.60. The Morgan fingerprint density at radius 1 is 1.45 bits per heavy atom. The highest BCUT2D eigenvalue weighted by atomic mass is 79.9. The maximum absolute atomic E-state index is 12.5. The molecule has 1 aliphatic heterocycles. The quantitative estimate of drug-likeness (QED) is 0.799. The first-order chi connectivity index (χ1) is 9.49. The first kappa shape index (κ1) is 21.4. The summed E-state index contributed by atoms with van der Waals surface area (Å²) in [6.45, 7) is 4.05. The van der Waals surface area contributed by atoms with E-state index in [1.54, 1.807) is 6.20 Å². The molecule has 0 aliphatic carbocycles. The van der Waals surface area contributed by atoms with Gasteiger partial charge in [-0.05, 0) is 47.4 Å². The van der Waals surface area contributed by atoms with Gasteiger partial charge in [0.1, 0.15) is 5.82 Å². The summed E-state index contributed by atoms with van der Waals surface area (Å²) in [6.07, 6.45) is 2.67. The largest absolute Gasteiger partial charge is 0.362 e. The van der Waals surface area contributed by atoms with Crippen LogP contribution in [0.3, 0.4) is 0 Å². The number of amides is 1. The molecule has 2 atom stereocenters. The van der Waals surface area contributed by atoms with Gasteiger partial charge in [-0.2, -0.15) is 0 Å². The van der Waals surface area contributed by atoms with Crippen LogP contribution in [-0.2, 0) is 0 Å². The van der Waals surface area contributed by atoms with Gasteiger partial charge < -0.3 is 15.5 Å². The second kappa shape index (κ2) is 9.55. The van der Waals surface area contributed by atoms with E-state index in [2.05, 4.69) is 38.5 Å². The number of anilines is 1. The van der Waals surface area contributed by atoms with E-state index in [-0.39, 0.29) is 36.8 Å². The molecule has 1 aliphatic rings. The number of rotatable bonds is 3. The van der Waals surface area contributed by atoms with Gasteiger partial charge in [0.2, 0.25) is 0 Å².